The predicted octanol–water partition coefficient (Wildman–Crippen LogP) is 3.17. The zero-order valence-corrected chi connectivity index (χ0v) is 9.92. The standard InChI is InChI=1S/C14H15NO2/c1-15(11-3-7-13(16)8-4-11)12-5-9-14(17-2)10-6-12/h3-10,16H,1-2H3. The summed E-state index contributed by atoms with van der Waals surface area (Å²) in [5.74, 6) is 1.12. The van der Waals surface area contributed by atoms with Crippen LogP contribution in [0.5, 0.6) is 11.5 Å². The molecule has 0 aliphatic heterocycles. The number of ether oxygens (including phenoxy) is 1. The van der Waals surface area contributed by atoms with Crippen molar-refractivity contribution in [2.75, 3.05) is 19.1 Å². The van der Waals surface area contributed by atoms with E-state index in [2.05, 4.69) is 0 Å². The lowest BCUT2D eigenvalue weighted by Gasteiger charge is -2.19. The second kappa shape index (κ2) is 4.78. The van der Waals surface area contributed by atoms with Crippen LogP contribution in [0, 0.1) is 0 Å². The monoisotopic (exact) mass is 229 g/mol. The number of aromatic hydroxyl groups is 1. The van der Waals surface area contributed by atoms with Gasteiger partial charge >= 0.3 is 0 Å². The molecule has 0 atom stereocenters. The molecule has 0 amide bonds. The summed E-state index contributed by atoms with van der Waals surface area (Å²) in [7, 11) is 3.63. The van der Waals surface area contributed by atoms with E-state index >= 15 is 0 Å². The van der Waals surface area contributed by atoms with Crippen molar-refractivity contribution >= 4 is 11.4 Å². The molecule has 0 saturated heterocycles. The number of rotatable bonds is 3. The lowest BCUT2D eigenvalue weighted by molar-refractivity contribution is 0.415. The normalized spacial score (nSPS) is 10.0. The summed E-state index contributed by atoms with van der Waals surface area (Å²) in [6.07, 6.45) is 0. The minimum atomic E-state index is 0.275. The molecule has 0 aliphatic carbocycles. The second-order valence-corrected chi connectivity index (χ2v) is 3.77. The Labute approximate surface area is 101 Å². The molecule has 0 heterocycles. The highest BCUT2D eigenvalue weighted by atomic mass is 16.5. The summed E-state index contributed by atoms with van der Waals surface area (Å²) in [6, 6.07) is 14.9. The number of phenolic OH excluding ortho intramolecular Hbond substituents is 1. The highest BCUT2D eigenvalue weighted by molar-refractivity contribution is 5.63. The van der Waals surface area contributed by atoms with Crippen molar-refractivity contribution in [3.8, 4) is 11.5 Å². The van der Waals surface area contributed by atoms with Crippen LogP contribution in [-0.4, -0.2) is 19.3 Å². The van der Waals surface area contributed by atoms with Crippen molar-refractivity contribution in [3.63, 3.8) is 0 Å². The third kappa shape index (κ3) is 2.50. The van der Waals surface area contributed by atoms with Crippen LogP contribution in [-0.2, 0) is 0 Å². The molecular weight excluding hydrogens is 214 g/mol. The Kier molecular flexibility index (Phi) is 3.19. The molecule has 2 rings (SSSR count). The molecule has 3 heteroatoms. The summed E-state index contributed by atoms with van der Waals surface area (Å²) in [5, 5.41) is 9.24. The van der Waals surface area contributed by atoms with E-state index in [1.54, 1.807) is 19.2 Å². The van der Waals surface area contributed by atoms with Gasteiger partial charge in [0.1, 0.15) is 11.5 Å². The molecule has 3 nitrogen and oxygen atoms in total. The van der Waals surface area contributed by atoms with Crippen LogP contribution >= 0.6 is 0 Å². The van der Waals surface area contributed by atoms with Crippen molar-refractivity contribution in [2.24, 2.45) is 0 Å². The number of hydrogen-bond acceptors (Lipinski definition) is 3. The largest absolute Gasteiger partial charge is 0.508 e. The smallest absolute Gasteiger partial charge is 0.119 e. The van der Waals surface area contributed by atoms with E-state index < -0.39 is 0 Å². The molecule has 0 unspecified atom stereocenters. The highest BCUT2D eigenvalue weighted by Crippen LogP contribution is 2.26. The fourth-order valence-electron chi connectivity index (χ4n) is 1.63. The van der Waals surface area contributed by atoms with Crippen LogP contribution < -0.4 is 9.64 Å². The summed E-state index contributed by atoms with van der Waals surface area (Å²) < 4.78 is 5.12. The van der Waals surface area contributed by atoms with Crippen LogP contribution in [0.15, 0.2) is 48.5 Å². The van der Waals surface area contributed by atoms with Gasteiger partial charge in [0, 0.05) is 18.4 Å². The molecule has 2 aromatic rings. The molecule has 88 valence electrons. The van der Waals surface area contributed by atoms with Crippen molar-refractivity contribution in [1.29, 1.82) is 0 Å². The molecule has 17 heavy (non-hydrogen) atoms. The van der Waals surface area contributed by atoms with E-state index in [9.17, 15) is 5.11 Å². The minimum Gasteiger partial charge on any atom is -0.508 e. The maximum atomic E-state index is 9.24. The quantitative estimate of drug-likeness (QED) is 0.877. The molecular formula is C14H15NO2. The summed E-state index contributed by atoms with van der Waals surface area (Å²) >= 11 is 0. The molecule has 2 aromatic carbocycles. The number of hydrogen-bond donors (Lipinski definition) is 1. The van der Waals surface area contributed by atoms with Crippen molar-refractivity contribution in [2.45, 2.75) is 0 Å². The van der Waals surface area contributed by atoms with Gasteiger partial charge in [0.05, 0.1) is 7.11 Å². The molecule has 0 fully saturated rings. The van der Waals surface area contributed by atoms with Gasteiger partial charge in [-0.2, -0.15) is 0 Å². The first-order chi connectivity index (χ1) is 8.20. The Morgan fingerprint density at radius 2 is 1.35 bits per heavy atom. The Balaban J connectivity index is 2.23. The Hall–Kier alpha value is -2.16. The fraction of sp³-hybridized carbons (Fsp3) is 0.143. The first-order valence-corrected chi connectivity index (χ1v) is 5.37. The van der Waals surface area contributed by atoms with Crippen molar-refractivity contribution < 1.29 is 9.84 Å². The van der Waals surface area contributed by atoms with E-state index in [4.69, 9.17) is 4.74 Å². The maximum Gasteiger partial charge on any atom is 0.119 e. The van der Waals surface area contributed by atoms with Gasteiger partial charge in [-0.15, -0.1) is 0 Å². The zero-order valence-electron chi connectivity index (χ0n) is 9.92. The lowest BCUT2D eigenvalue weighted by Crippen LogP contribution is -2.08. The molecule has 0 spiro atoms. The van der Waals surface area contributed by atoms with E-state index in [1.807, 2.05) is 48.3 Å². The first kappa shape index (κ1) is 11.3. The van der Waals surface area contributed by atoms with Gasteiger partial charge in [0.15, 0.2) is 0 Å². The van der Waals surface area contributed by atoms with Crippen LogP contribution in [0.2, 0.25) is 0 Å². The average Bonchev–Trinajstić information content (AvgIpc) is 2.39. The summed E-state index contributed by atoms with van der Waals surface area (Å²) in [6.45, 7) is 0. The molecule has 0 aliphatic rings. The van der Waals surface area contributed by atoms with Crippen LogP contribution in [0.1, 0.15) is 0 Å². The molecule has 0 radical (unpaired) electrons. The number of phenols is 1. The van der Waals surface area contributed by atoms with Crippen molar-refractivity contribution in [3.05, 3.63) is 48.5 Å². The van der Waals surface area contributed by atoms with Gasteiger partial charge < -0.3 is 14.7 Å². The molecule has 1 N–H and O–H groups in total. The topological polar surface area (TPSA) is 32.7 Å². The van der Waals surface area contributed by atoms with E-state index in [1.165, 1.54) is 0 Å². The Morgan fingerprint density at radius 3 is 1.82 bits per heavy atom. The van der Waals surface area contributed by atoms with Gasteiger partial charge in [0.2, 0.25) is 0 Å². The lowest BCUT2D eigenvalue weighted by atomic mass is 10.2. The predicted molar refractivity (Wildman–Crippen MR) is 69.2 cm³/mol. The SMILES string of the molecule is COc1ccc(N(C)c2ccc(O)cc2)cc1. The van der Waals surface area contributed by atoms with Gasteiger partial charge in [-0.3, -0.25) is 0 Å². The van der Waals surface area contributed by atoms with E-state index in [-0.39, 0.29) is 5.75 Å². The highest BCUT2D eigenvalue weighted by Gasteiger charge is 2.03. The fourth-order valence-corrected chi connectivity index (χ4v) is 1.63. The van der Waals surface area contributed by atoms with Crippen molar-refractivity contribution in [1.82, 2.24) is 0 Å². The van der Waals surface area contributed by atoms with E-state index in [0.29, 0.717) is 0 Å². The molecule has 0 saturated carbocycles. The Morgan fingerprint density at radius 1 is 0.882 bits per heavy atom. The van der Waals surface area contributed by atoms with Crippen LogP contribution in [0.4, 0.5) is 11.4 Å². The second-order valence-electron chi connectivity index (χ2n) is 3.77. The van der Waals surface area contributed by atoms with Gasteiger partial charge in [-0.1, -0.05) is 0 Å². The molecule has 0 aromatic heterocycles. The number of methoxy groups -OCH3 is 1. The average molecular weight is 229 g/mol. The number of anilines is 2. The number of benzene rings is 2. The minimum absolute atomic E-state index is 0.275. The first-order valence-electron chi connectivity index (χ1n) is 5.37. The van der Waals surface area contributed by atoms with Crippen LogP contribution in [0.25, 0.3) is 0 Å². The summed E-state index contributed by atoms with van der Waals surface area (Å²) in [5.41, 5.74) is 2.09. The maximum absolute atomic E-state index is 9.24. The van der Waals surface area contributed by atoms with Gasteiger partial charge in [-0.25, -0.2) is 0 Å². The third-order valence-electron chi connectivity index (χ3n) is 2.70. The molecule has 0 bridgehead atoms. The third-order valence-corrected chi connectivity index (χ3v) is 2.70. The Bertz CT molecular complexity index is 477. The van der Waals surface area contributed by atoms with Gasteiger partial charge in [-0.05, 0) is 48.5 Å². The van der Waals surface area contributed by atoms with E-state index in [0.717, 1.165) is 17.1 Å². The number of nitrogens with zero attached hydrogens (tertiary/aromatic N) is 1. The summed E-state index contributed by atoms with van der Waals surface area (Å²) in [4.78, 5) is 2.04. The zero-order chi connectivity index (χ0) is 12.3. The van der Waals surface area contributed by atoms with Crippen LogP contribution in [0.3, 0.4) is 0 Å². The van der Waals surface area contributed by atoms with Gasteiger partial charge in [0.25, 0.3) is 0 Å².